The molecule has 0 unspecified atom stereocenters. The van der Waals surface area contributed by atoms with E-state index in [1.165, 1.54) is 13.2 Å². The van der Waals surface area contributed by atoms with Gasteiger partial charge in [0.15, 0.2) is 11.5 Å². The fourth-order valence-corrected chi connectivity index (χ4v) is 3.02. The molecule has 1 aliphatic heterocycles. The minimum atomic E-state index is -0.683. The molecular formula is C20H21N3O4. The first-order chi connectivity index (χ1) is 12.9. The molecule has 0 saturated carbocycles. The highest BCUT2D eigenvalue weighted by Crippen LogP contribution is 2.33. The molecule has 7 heteroatoms. The lowest BCUT2D eigenvalue weighted by atomic mass is 9.94. The molecule has 1 aliphatic rings. The van der Waals surface area contributed by atoms with Crippen molar-refractivity contribution in [2.75, 3.05) is 12.4 Å². The molecule has 7 nitrogen and oxygen atoms in total. The zero-order chi connectivity index (χ0) is 19.6. The van der Waals surface area contributed by atoms with Gasteiger partial charge in [-0.2, -0.15) is 0 Å². The Morgan fingerprint density at radius 3 is 2.63 bits per heavy atom. The van der Waals surface area contributed by atoms with Crippen molar-refractivity contribution in [1.82, 2.24) is 10.6 Å². The average molecular weight is 367 g/mol. The van der Waals surface area contributed by atoms with Gasteiger partial charge in [-0.1, -0.05) is 24.3 Å². The lowest BCUT2D eigenvalue weighted by Gasteiger charge is -2.29. The third-order valence-corrected chi connectivity index (χ3v) is 4.44. The molecule has 0 aliphatic carbocycles. The van der Waals surface area contributed by atoms with Crippen LogP contribution in [-0.4, -0.2) is 24.2 Å². The largest absolute Gasteiger partial charge is 0.504 e. The van der Waals surface area contributed by atoms with Gasteiger partial charge in [0.1, 0.15) is 0 Å². The van der Waals surface area contributed by atoms with Crippen LogP contribution in [0.2, 0.25) is 0 Å². The second-order valence-corrected chi connectivity index (χ2v) is 6.27. The van der Waals surface area contributed by atoms with Gasteiger partial charge in [-0.25, -0.2) is 4.79 Å². The number of rotatable bonds is 4. The monoisotopic (exact) mass is 367 g/mol. The van der Waals surface area contributed by atoms with Gasteiger partial charge in [-0.3, -0.25) is 4.79 Å². The number of aryl methyl sites for hydroxylation is 1. The Labute approximate surface area is 157 Å². The molecule has 2 aromatic rings. The summed E-state index contributed by atoms with van der Waals surface area (Å²) >= 11 is 0. The molecule has 0 fully saturated rings. The molecule has 0 saturated heterocycles. The number of ether oxygens (including phenoxy) is 1. The van der Waals surface area contributed by atoms with Gasteiger partial charge in [-0.05, 0) is 43.2 Å². The van der Waals surface area contributed by atoms with Crippen LogP contribution in [0.1, 0.15) is 24.1 Å². The summed E-state index contributed by atoms with van der Waals surface area (Å²) in [5.74, 6) is -0.0870. The molecule has 0 radical (unpaired) electrons. The molecule has 0 aromatic heterocycles. The van der Waals surface area contributed by atoms with Crippen molar-refractivity contribution in [3.63, 3.8) is 0 Å². The summed E-state index contributed by atoms with van der Waals surface area (Å²) in [5.41, 5.74) is 3.09. The Morgan fingerprint density at radius 2 is 1.93 bits per heavy atom. The van der Waals surface area contributed by atoms with Crippen LogP contribution >= 0.6 is 0 Å². The van der Waals surface area contributed by atoms with Gasteiger partial charge >= 0.3 is 6.03 Å². The average Bonchev–Trinajstić information content (AvgIpc) is 2.63. The van der Waals surface area contributed by atoms with E-state index in [-0.39, 0.29) is 17.4 Å². The zero-order valence-electron chi connectivity index (χ0n) is 15.3. The smallest absolute Gasteiger partial charge is 0.319 e. The van der Waals surface area contributed by atoms with Crippen LogP contribution in [0.5, 0.6) is 11.5 Å². The van der Waals surface area contributed by atoms with E-state index in [2.05, 4.69) is 16.0 Å². The van der Waals surface area contributed by atoms with E-state index in [0.29, 0.717) is 22.5 Å². The third kappa shape index (κ3) is 3.72. The van der Waals surface area contributed by atoms with Gasteiger partial charge in [0, 0.05) is 11.4 Å². The quantitative estimate of drug-likeness (QED) is 0.667. The van der Waals surface area contributed by atoms with Crippen molar-refractivity contribution in [2.45, 2.75) is 19.9 Å². The highest BCUT2D eigenvalue weighted by atomic mass is 16.5. The second-order valence-electron chi connectivity index (χ2n) is 6.27. The van der Waals surface area contributed by atoms with Crippen molar-refractivity contribution < 1.29 is 19.4 Å². The molecule has 1 atom stereocenters. The van der Waals surface area contributed by atoms with Crippen molar-refractivity contribution in [2.24, 2.45) is 0 Å². The van der Waals surface area contributed by atoms with Crippen LogP contribution in [0, 0.1) is 6.92 Å². The highest BCUT2D eigenvalue weighted by molar-refractivity contribution is 6.07. The number of nitrogens with one attached hydrogen (secondary N) is 3. The fourth-order valence-electron chi connectivity index (χ4n) is 3.02. The van der Waals surface area contributed by atoms with Gasteiger partial charge < -0.3 is 25.8 Å². The predicted molar refractivity (Wildman–Crippen MR) is 102 cm³/mol. The first kappa shape index (κ1) is 18.3. The number of amides is 3. The Balaban J connectivity index is 1.99. The molecule has 0 spiro atoms. The maximum atomic E-state index is 13.0. The topological polar surface area (TPSA) is 99.7 Å². The summed E-state index contributed by atoms with van der Waals surface area (Å²) in [7, 11) is 1.44. The van der Waals surface area contributed by atoms with Crippen molar-refractivity contribution >= 4 is 17.6 Å². The molecule has 4 N–H and O–H groups in total. The van der Waals surface area contributed by atoms with E-state index in [1.54, 1.807) is 19.1 Å². The first-order valence-corrected chi connectivity index (χ1v) is 8.43. The lowest BCUT2D eigenvalue weighted by Crippen LogP contribution is -2.46. The number of hydrogen-bond acceptors (Lipinski definition) is 4. The van der Waals surface area contributed by atoms with Gasteiger partial charge in [-0.15, -0.1) is 0 Å². The van der Waals surface area contributed by atoms with E-state index < -0.39 is 12.1 Å². The number of carbonyl (C=O) groups is 2. The van der Waals surface area contributed by atoms with Crippen LogP contribution in [-0.2, 0) is 4.79 Å². The van der Waals surface area contributed by atoms with Crippen LogP contribution in [0.3, 0.4) is 0 Å². The Bertz CT molecular complexity index is 937. The number of allylic oxidation sites excluding steroid dienone is 1. The van der Waals surface area contributed by atoms with E-state index >= 15 is 0 Å². The van der Waals surface area contributed by atoms with Crippen LogP contribution < -0.4 is 20.7 Å². The van der Waals surface area contributed by atoms with E-state index in [0.717, 1.165) is 5.56 Å². The molecule has 3 rings (SSSR count). The van der Waals surface area contributed by atoms with Crippen molar-refractivity contribution in [1.29, 1.82) is 0 Å². The fraction of sp³-hybridized carbons (Fsp3) is 0.200. The Morgan fingerprint density at radius 1 is 1.19 bits per heavy atom. The second kappa shape index (κ2) is 7.41. The molecule has 1 heterocycles. The number of methoxy groups -OCH3 is 1. The number of phenolic OH excluding ortho intramolecular Hbond substituents is 1. The van der Waals surface area contributed by atoms with Crippen LogP contribution in [0.4, 0.5) is 10.5 Å². The number of aromatic hydroxyl groups is 1. The minimum Gasteiger partial charge on any atom is -0.504 e. The van der Waals surface area contributed by atoms with Crippen molar-refractivity contribution in [3.8, 4) is 11.5 Å². The first-order valence-electron chi connectivity index (χ1n) is 8.43. The SMILES string of the molecule is COc1cc([C@@H]2NC(=O)NC(C)=C2C(=O)Nc2ccccc2C)ccc1O. The highest BCUT2D eigenvalue weighted by Gasteiger charge is 2.31. The number of para-hydroxylation sites is 1. The summed E-state index contributed by atoms with van der Waals surface area (Å²) in [5, 5.41) is 18.1. The normalized spacial score (nSPS) is 16.4. The third-order valence-electron chi connectivity index (χ3n) is 4.44. The molecule has 3 amide bonds. The maximum absolute atomic E-state index is 13.0. The summed E-state index contributed by atoms with van der Waals surface area (Å²) in [6.45, 7) is 3.58. The van der Waals surface area contributed by atoms with Crippen molar-refractivity contribution in [3.05, 3.63) is 64.9 Å². The minimum absolute atomic E-state index is 0.0203. The Kier molecular flexibility index (Phi) is 5.03. The summed E-state index contributed by atoms with van der Waals surface area (Å²) in [6, 6.07) is 11.1. The predicted octanol–water partition coefficient (Wildman–Crippen LogP) is 2.98. The Hall–Kier alpha value is -3.48. The number of carbonyl (C=O) groups excluding carboxylic acids is 2. The zero-order valence-corrected chi connectivity index (χ0v) is 15.3. The standard InChI is InChI=1S/C20H21N3O4/c1-11-6-4-5-7-14(11)22-19(25)17-12(2)21-20(26)23-18(17)13-8-9-15(24)16(10-13)27-3/h4-10,18,24H,1-3H3,(H,22,25)(H2,21,23,26)/t18-/m0/s1. The number of anilines is 1. The maximum Gasteiger partial charge on any atom is 0.319 e. The van der Waals surface area contributed by atoms with Crippen LogP contribution in [0.25, 0.3) is 0 Å². The van der Waals surface area contributed by atoms with E-state index in [4.69, 9.17) is 4.74 Å². The molecule has 0 bridgehead atoms. The molecule has 140 valence electrons. The number of urea groups is 1. The van der Waals surface area contributed by atoms with E-state index in [1.807, 2.05) is 31.2 Å². The van der Waals surface area contributed by atoms with Gasteiger partial charge in [0.25, 0.3) is 5.91 Å². The van der Waals surface area contributed by atoms with Crippen LogP contribution in [0.15, 0.2) is 53.7 Å². The van der Waals surface area contributed by atoms with E-state index in [9.17, 15) is 14.7 Å². The number of hydrogen-bond donors (Lipinski definition) is 4. The van der Waals surface area contributed by atoms with Gasteiger partial charge in [0.05, 0.1) is 18.7 Å². The number of benzene rings is 2. The number of phenols is 1. The summed E-state index contributed by atoms with van der Waals surface area (Å²) < 4.78 is 5.14. The molecule has 2 aromatic carbocycles. The van der Waals surface area contributed by atoms with Gasteiger partial charge in [0.2, 0.25) is 0 Å². The summed E-state index contributed by atoms with van der Waals surface area (Å²) in [4.78, 5) is 25.0. The summed E-state index contributed by atoms with van der Waals surface area (Å²) in [6.07, 6.45) is 0. The molecular weight excluding hydrogens is 346 g/mol. The lowest BCUT2D eigenvalue weighted by molar-refractivity contribution is -0.113. The molecule has 27 heavy (non-hydrogen) atoms.